The van der Waals surface area contributed by atoms with Crippen LogP contribution >= 0.6 is 0 Å². The Balaban J connectivity index is 1.96. The Morgan fingerprint density at radius 1 is 0.789 bits per heavy atom. The van der Waals surface area contributed by atoms with E-state index in [0.717, 1.165) is 16.8 Å². The quantitative estimate of drug-likeness (QED) is 0.636. The fourth-order valence-electron chi connectivity index (χ4n) is 1.98. The largest absolute Gasteiger partial charge is 0.364 e. The molecule has 0 fully saturated rings. The number of hydrogen-bond donors (Lipinski definition) is 0. The number of nitrogens with zero attached hydrogens (tertiary/aromatic N) is 1. The zero-order valence-electron chi connectivity index (χ0n) is 10.4. The van der Waals surface area contributed by atoms with Crippen LogP contribution in [0.2, 0.25) is 0 Å². The van der Waals surface area contributed by atoms with E-state index in [9.17, 15) is 0 Å². The van der Waals surface area contributed by atoms with Crippen molar-refractivity contribution >= 4 is 12.2 Å². The van der Waals surface area contributed by atoms with E-state index in [0.29, 0.717) is 0 Å². The van der Waals surface area contributed by atoms with Gasteiger partial charge in [0.05, 0.1) is 0 Å². The fourth-order valence-corrected chi connectivity index (χ4v) is 1.98. The van der Waals surface area contributed by atoms with Crippen molar-refractivity contribution in [2.75, 3.05) is 0 Å². The van der Waals surface area contributed by atoms with Crippen LogP contribution in [0.1, 0.15) is 11.1 Å². The maximum atomic E-state index is 4.91. The van der Waals surface area contributed by atoms with Crippen molar-refractivity contribution in [3.05, 3.63) is 78.1 Å². The molecule has 3 rings (SSSR count). The van der Waals surface area contributed by atoms with Crippen molar-refractivity contribution in [1.29, 1.82) is 0 Å². The van der Waals surface area contributed by atoms with Gasteiger partial charge in [0.25, 0.3) is 0 Å². The first-order valence-corrected chi connectivity index (χ1v) is 6.16. The Kier molecular flexibility index (Phi) is 3.24. The summed E-state index contributed by atoms with van der Waals surface area (Å²) in [6.07, 6.45) is 5.78. The van der Waals surface area contributed by atoms with E-state index < -0.39 is 0 Å². The molecule has 0 unspecified atom stereocenters. The first kappa shape index (κ1) is 11.5. The van der Waals surface area contributed by atoms with Gasteiger partial charge in [-0.3, -0.25) is 0 Å². The molecule has 2 heteroatoms. The van der Waals surface area contributed by atoms with Crippen LogP contribution in [0.25, 0.3) is 23.4 Å². The van der Waals surface area contributed by atoms with Crippen LogP contribution in [0.3, 0.4) is 0 Å². The van der Waals surface area contributed by atoms with Gasteiger partial charge in [-0.1, -0.05) is 71.9 Å². The van der Waals surface area contributed by atoms with E-state index in [-0.39, 0.29) is 0 Å². The van der Waals surface area contributed by atoms with E-state index in [2.05, 4.69) is 35.5 Å². The summed E-state index contributed by atoms with van der Waals surface area (Å²) in [4.78, 5) is 0. The van der Waals surface area contributed by atoms with Crippen LogP contribution in [0.4, 0.5) is 0 Å². The summed E-state index contributed by atoms with van der Waals surface area (Å²) in [6.45, 7) is 0. The van der Waals surface area contributed by atoms with Crippen LogP contribution in [-0.2, 0) is 0 Å². The molecule has 2 aromatic carbocycles. The zero-order valence-corrected chi connectivity index (χ0v) is 10.4. The molecular formula is C17H13NO. The molecule has 0 radical (unpaired) electrons. The smallest absolute Gasteiger partial charge is 0.124 e. The average Bonchev–Trinajstić information content (AvgIpc) is 3.01. The molecule has 0 aliphatic rings. The third-order valence-electron chi connectivity index (χ3n) is 2.93. The molecule has 0 N–H and O–H groups in total. The molecule has 1 heterocycles. The second-order valence-electron chi connectivity index (χ2n) is 4.22. The SMILES string of the molecule is C(=C\c1ccccc1-c1ccon1)/c1ccccc1. The molecule has 3 aromatic rings. The number of hydrogen-bond acceptors (Lipinski definition) is 2. The lowest BCUT2D eigenvalue weighted by atomic mass is 10.0. The molecule has 2 nitrogen and oxygen atoms in total. The lowest BCUT2D eigenvalue weighted by Gasteiger charge is -2.01. The minimum absolute atomic E-state index is 0.855. The molecule has 0 bridgehead atoms. The van der Waals surface area contributed by atoms with E-state index in [1.54, 1.807) is 6.26 Å². The monoisotopic (exact) mass is 247 g/mol. The molecule has 0 saturated heterocycles. The Hall–Kier alpha value is -2.61. The lowest BCUT2D eigenvalue weighted by molar-refractivity contribution is 0.422. The van der Waals surface area contributed by atoms with Crippen molar-refractivity contribution in [3.8, 4) is 11.3 Å². The van der Waals surface area contributed by atoms with Crippen LogP contribution < -0.4 is 0 Å². The predicted octanol–water partition coefficient (Wildman–Crippen LogP) is 4.51. The highest BCUT2D eigenvalue weighted by molar-refractivity contribution is 5.79. The molecule has 0 saturated carbocycles. The predicted molar refractivity (Wildman–Crippen MR) is 77.3 cm³/mol. The van der Waals surface area contributed by atoms with Gasteiger partial charge in [-0.25, -0.2) is 0 Å². The lowest BCUT2D eigenvalue weighted by Crippen LogP contribution is -1.82. The van der Waals surface area contributed by atoms with Crippen molar-refractivity contribution in [3.63, 3.8) is 0 Å². The molecule has 19 heavy (non-hydrogen) atoms. The summed E-state index contributed by atoms with van der Waals surface area (Å²) < 4.78 is 4.91. The van der Waals surface area contributed by atoms with E-state index >= 15 is 0 Å². The van der Waals surface area contributed by atoms with E-state index in [4.69, 9.17) is 4.52 Å². The second kappa shape index (κ2) is 5.36. The third kappa shape index (κ3) is 2.63. The van der Waals surface area contributed by atoms with Gasteiger partial charge in [0, 0.05) is 11.6 Å². The molecule has 0 spiro atoms. The maximum Gasteiger partial charge on any atom is 0.124 e. The first-order valence-electron chi connectivity index (χ1n) is 6.16. The summed E-state index contributed by atoms with van der Waals surface area (Å²) in [5, 5.41) is 3.99. The summed E-state index contributed by atoms with van der Waals surface area (Å²) in [5.74, 6) is 0. The van der Waals surface area contributed by atoms with Gasteiger partial charge in [0.15, 0.2) is 0 Å². The molecule has 0 aliphatic heterocycles. The fraction of sp³-hybridized carbons (Fsp3) is 0. The first-order chi connectivity index (χ1) is 9.43. The van der Waals surface area contributed by atoms with E-state index in [1.165, 1.54) is 5.56 Å². The Bertz CT molecular complexity index is 670. The maximum absolute atomic E-state index is 4.91. The molecule has 0 atom stereocenters. The number of rotatable bonds is 3. The number of benzene rings is 2. The minimum atomic E-state index is 0.855. The van der Waals surface area contributed by atoms with Crippen molar-refractivity contribution in [2.24, 2.45) is 0 Å². The molecule has 0 amide bonds. The minimum Gasteiger partial charge on any atom is -0.364 e. The molecule has 92 valence electrons. The van der Waals surface area contributed by atoms with Gasteiger partial charge in [-0.2, -0.15) is 0 Å². The third-order valence-corrected chi connectivity index (χ3v) is 2.93. The van der Waals surface area contributed by atoms with Crippen LogP contribution in [0.5, 0.6) is 0 Å². The Morgan fingerprint density at radius 3 is 2.37 bits per heavy atom. The second-order valence-corrected chi connectivity index (χ2v) is 4.22. The number of aromatic nitrogens is 1. The summed E-state index contributed by atoms with van der Waals surface area (Å²) >= 11 is 0. The van der Waals surface area contributed by atoms with Crippen molar-refractivity contribution in [2.45, 2.75) is 0 Å². The topological polar surface area (TPSA) is 26.0 Å². The van der Waals surface area contributed by atoms with Crippen LogP contribution in [0.15, 0.2) is 71.4 Å². The van der Waals surface area contributed by atoms with Gasteiger partial charge in [-0.15, -0.1) is 0 Å². The van der Waals surface area contributed by atoms with Crippen LogP contribution in [0, 0.1) is 0 Å². The van der Waals surface area contributed by atoms with Crippen molar-refractivity contribution < 1.29 is 4.52 Å². The van der Waals surface area contributed by atoms with Crippen molar-refractivity contribution in [1.82, 2.24) is 5.16 Å². The van der Waals surface area contributed by atoms with Gasteiger partial charge in [-0.05, 0) is 11.1 Å². The van der Waals surface area contributed by atoms with Crippen LogP contribution in [-0.4, -0.2) is 5.16 Å². The summed E-state index contributed by atoms with van der Waals surface area (Å²) in [5.41, 5.74) is 4.23. The van der Waals surface area contributed by atoms with Gasteiger partial charge < -0.3 is 4.52 Å². The van der Waals surface area contributed by atoms with Gasteiger partial charge in [0.2, 0.25) is 0 Å². The molecular weight excluding hydrogens is 234 g/mol. The highest BCUT2D eigenvalue weighted by Gasteiger charge is 2.04. The molecule has 0 aliphatic carbocycles. The summed E-state index contributed by atoms with van der Waals surface area (Å²) in [6, 6.07) is 20.2. The van der Waals surface area contributed by atoms with Gasteiger partial charge >= 0.3 is 0 Å². The highest BCUT2D eigenvalue weighted by atomic mass is 16.5. The van der Waals surface area contributed by atoms with E-state index in [1.807, 2.05) is 42.5 Å². The Labute approximate surface area is 112 Å². The summed E-state index contributed by atoms with van der Waals surface area (Å²) in [7, 11) is 0. The molecule has 1 aromatic heterocycles. The standard InChI is InChI=1S/C17H13NO/c1-2-6-14(7-3-1)10-11-15-8-4-5-9-16(15)17-12-13-19-18-17/h1-13H/b11-10+. The highest BCUT2D eigenvalue weighted by Crippen LogP contribution is 2.23. The zero-order chi connectivity index (χ0) is 12.9. The van der Waals surface area contributed by atoms with Gasteiger partial charge in [0.1, 0.15) is 12.0 Å². The normalized spacial score (nSPS) is 10.9. The Morgan fingerprint density at radius 2 is 1.58 bits per heavy atom. The average molecular weight is 247 g/mol.